The molecule has 0 aromatic carbocycles. The van der Waals surface area contributed by atoms with Crippen molar-refractivity contribution in [2.45, 2.75) is 31.2 Å². The number of ether oxygens (including phenoxy) is 1. The number of carbonyl (C=O) groups excluding carboxylic acids is 3. The van der Waals surface area contributed by atoms with Gasteiger partial charge in [-0.2, -0.15) is 0 Å². The Balaban J connectivity index is 1.68. The van der Waals surface area contributed by atoms with Gasteiger partial charge < -0.3 is 29.7 Å². The number of carbonyl (C=O) groups is 4. The second kappa shape index (κ2) is 10.9. The highest BCUT2D eigenvalue weighted by molar-refractivity contribution is 8.00. The summed E-state index contributed by atoms with van der Waals surface area (Å²) in [5.74, 6) is -2.26. The van der Waals surface area contributed by atoms with Gasteiger partial charge in [0.15, 0.2) is 5.76 Å². The van der Waals surface area contributed by atoms with E-state index in [1.807, 2.05) is 6.92 Å². The Kier molecular flexibility index (Phi) is 7.98. The zero-order valence-corrected chi connectivity index (χ0v) is 18.8. The first-order chi connectivity index (χ1) is 15.9. The van der Waals surface area contributed by atoms with Crippen LogP contribution in [0.2, 0.25) is 0 Å². The molecule has 2 atom stereocenters. The first-order valence-electron chi connectivity index (χ1n) is 10.2. The van der Waals surface area contributed by atoms with Crippen LogP contribution < -0.4 is 10.6 Å². The van der Waals surface area contributed by atoms with Gasteiger partial charge >= 0.3 is 12.1 Å². The van der Waals surface area contributed by atoms with Crippen LogP contribution in [0.15, 0.2) is 39.2 Å². The Morgan fingerprint density at radius 3 is 2.82 bits per heavy atom. The van der Waals surface area contributed by atoms with Crippen LogP contribution in [0, 0.1) is 0 Å². The minimum absolute atomic E-state index is 0.150. The lowest BCUT2D eigenvalue weighted by molar-refractivity contribution is -0.150. The van der Waals surface area contributed by atoms with Crippen molar-refractivity contribution in [1.82, 2.24) is 15.5 Å². The van der Waals surface area contributed by atoms with Gasteiger partial charge in [-0.15, -0.1) is 11.8 Å². The molecule has 1 saturated heterocycles. The summed E-state index contributed by atoms with van der Waals surface area (Å²) in [4.78, 5) is 54.9. The zero-order chi connectivity index (χ0) is 24.0. The van der Waals surface area contributed by atoms with Gasteiger partial charge in [0.2, 0.25) is 5.71 Å². The van der Waals surface area contributed by atoms with Crippen molar-refractivity contribution in [2.75, 3.05) is 26.0 Å². The highest BCUT2D eigenvalue weighted by Crippen LogP contribution is 2.40. The molecular formula is C20H24N4O8S. The lowest BCUT2D eigenvalue weighted by Crippen LogP contribution is -2.71. The van der Waals surface area contributed by atoms with E-state index in [0.717, 1.165) is 17.7 Å². The normalized spacial score (nSPS) is 20.0. The maximum atomic E-state index is 12.8. The first-order valence-corrected chi connectivity index (χ1v) is 11.2. The molecule has 0 radical (unpaired) electrons. The zero-order valence-electron chi connectivity index (χ0n) is 18.0. The van der Waals surface area contributed by atoms with E-state index in [2.05, 4.69) is 15.8 Å². The minimum atomic E-state index is -1.32. The van der Waals surface area contributed by atoms with Gasteiger partial charge in [0.05, 0.1) is 6.26 Å². The van der Waals surface area contributed by atoms with E-state index in [0.29, 0.717) is 12.1 Å². The monoisotopic (exact) mass is 480 g/mol. The van der Waals surface area contributed by atoms with Gasteiger partial charge in [-0.3, -0.25) is 14.5 Å². The Hall–Kier alpha value is -3.48. The number of hydrogen-bond acceptors (Lipinski definition) is 9. The molecular weight excluding hydrogens is 456 g/mol. The Morgan fingerprint density at radius 1 is 1.39 bits per heavy atom. The van der Waals surface area contributed by atoms with Crippen molar-refractivity contribution in [3.63, 3.8) is 0 Å². The number of rotatable bonds is 10. The van der Waals surface area contributed by atoms with Crippen molar-refractivity contribution < 1.29 is 38.3 Å². The first kappa shape index (κ1) is 24.2. The fraction of sp³-hybridized carbons (Fsp3) is 0.450. The maximum absolute atomic E-state index is 12.8. The summed E-state index contributed by atoms with van der Waals surface area (Å²) in [6.07, 6.45) is 2.40. The molecule has 3 rings (SSSR count). The maximum Gasteiger partial charge on any atom is 0.407 e. The fourth-order valence-corrected chi connectivity index (χ4v) is 4.61. The summed E-state index contributed by atoms with van der Waals surface area (Å²) in [6, 6.07) is 2.12. The number of β-lactam (4-membered cyclic amide) rings is 1. The summed E-state index contributed by atoms with van der Waals surface area (Å²) < 4.78 is 10.3. The van der Waals surface area contributed by atoms with E-state index in [1.165, 1.54) is 31.2 Å². The lowest BCUT2D eigenvalue weighted by Gasteiger charge is -2.49. The molecule has 13 heteroatoms. The van der Waals surface area contributed by atoms with Crippen LogP contribution in [-0.2, 0) is 24.0 Å². The number of oxime groups is 1. The van der Waals surface area contributed by atoms with Crippen LogP contribution in [0.5, 0.6) is 0 Å². The standard InChI is InChI=1S/C20H24N4O8S/c1-3-4-7-21-20(29)32-9-11-10-33-18-14(17(26)24(18)15(11)19(27)28)22-16(25)13(23-30-2)12-6-5-8-31-12/h5-6,8,14,18H,3-4,7,9-10H2,1-2H3,(H,21,29)(H,22,25)(H,27,28)/t14-,18-/m1/s1. The van der Waals surface area contributed by atoms with Gasteiger partial charge in [0, 0.05) is 17.9 Å². The molecule has 1 aromatic rings. The molecule has 2 aliphatic rings. The van der Waals surface area contributed by atoms with Crippen molar-refractivity contribution in [3.8, 4) is 0 Å². The minimum Gasteiger partial charge on any atom is -0.477 e. The Morgan fingerprint density at radius 2 is 2.18 bits per heavy atom. The van der Waals surface area contributed by atoms with Gasteiger partial charge in [0.1, 0.15) is 30.8 Å². The van der Waals surface area contributed by atoms with Crippen LogP contribution >= 0.6 is 11.8 Å². The summed E-state index contributed by atoms with van der Waals surface area (Å²) in [6.45, 7) is 2.17. The molecule has 3 amide bonds. The molecule has 1 fully saturated rings. The molecule has 0 saturated carbocycles. The third-order valence-corrected chi connectivity index (χ3v) is 6.21. The molecule has 0 unspecified atom stereocenters. The van der Waals surface area contributed by atoms with E-state index in [-0.39, 0.29) is 29.5 Å². The van der Waals surface area contributed by atoms with Crippen LogP contribution in [0.1, 0.15) is 25.5 Å². The average molecular weight is 480 g/mol. The average Bonchev–Trinajstić information content (AvgIpc) is 3.33. The van der Waals surface area contributed by atoms with Crippen LogP contribution in [-0.4, -0.2) is 77.0 Å². The molecule has 1 aromatic heterocycles. The quantitative estimate of drug-likeness (QED) is 0.191. The summed E-state index contributed by atoms with van der Waals surface area (Å²) in [7, 11) is 1.26. The van der Waals surface area contributed by atoms with E-state index in [9.17, 15) is 24.3 Å². The number of unbranched alkanes of at least 4 members (excludes halogenated alkanes) is 1. The topological polar surface area (TPSA) is 160 Å². The van der Waals surface area contributed by atoms with Crippen LogP contribution in [0.3, 0.4) is 0 Å². The van der Waals surface area contributed by atoms with E-state index in [1.54, 1.807) is 6.07 Å². The van der Waals surface area contributed by atoms with Crippen molar-refractivity contribution in [1.29, 1.82) is 0 Å². The predicted octanol–water partition coefficient (Wildman–Crippen LogP) is 0.895. The number of nitrogens with one attached hydrogen (secondary N) is 2. The Bertz CT molecular complexity index is 975. The number of carboxylic acids is 1. The van der Waals surface area contributed by atoms with E-state index >= 15 is 0 Å². The van der Waals surface area contributed by atoms with E-state index < -0.39 is 35.3 Å². The lowest BCUT2D eigenvalue weighted by atomic mass is 10.0. The van der Waals surface area contributed by atoms with Crippen molar-refractivity contribution in [3.05, 3.63) is 35.4 Å². The molecule has 0 bridgehead atoms. The highest BCUT2D eigenvalue weighted by Gasteiger charge is 2.54. The van der Waals surface area contributed by atoms with Gasteiger partial charge in [-0.1, -0.05) is 18.5 Å². The fourth-order valence-electron chi connectivity index (χ4n) is 3.28. The Labute approximate surface area is 193 Å². The number of nitrogens with zero attached hydrogens (tertiary/aromatic N) is 2. The number of amides is 3. The molecule has 2 aliphatic heterocycles. The van der Waals surface area contributed by atoms with Crippen molar-refractivity contribution >= 4 is 41.4 Å². The molecule has 3 N–H and O–H groups in total. The highest BCUT2D eigenvalue weighted by atomic mass is 32.2. The molecule has 33 heavy (non-hydrogen) atoms. The van der Waals surface area contributed by atoms with Gasteiger partial charge in [0.25, 0.3) is 11.8 Å². The van der Waals surface area contributed by atoms with Crippen LogP contribution in [0.4, 0.5) is 4.79 Å². The summed E-state index contributed by atoms with van der Waals surface area (Å²) >= 11 is 1.25. The molecule has 0 spiro atoms. The number of aliphatic carboxylic acids is 1. The largest absolute Gasteiger partial charge is 0.477 e. The SMILES string of the molecule is CCCCNC(=O)OCC1=C(C(=O)O)N2C(=O)[C@@H](NC(=O)C(=NOC)c3ccco3)[C@H]2SC1. The third-order valence-electron chi connectivity index (χ3n) is 4.87. The van der Waals surface area contributed by atoms with Crippen molar-refractivity contribution in [2.24, 2.45) is 5.16 Å². The smallest absolute Gasteiger partial charge is 0.407 e. The molecule has 3 heterocycles. The molecule has 12 nitrogen and oxygen atoms in total. The number of fused-ring (bicyclic) bond motifs is 1. The number of alkyl carbamates (subject to hydrolysis) is 1. The number of furan rings is 1. The predicted molar refractivity (Wildman–Crippen MR) is 116 cm³/mol. The van der Waals surface area contributed by atoms with Crippen LogP contribution in [0.25, 0.3) is 0 Å². The van der Waals surface area contributed by atoms with Gasteiger partial charge in [-0.05, 0) is 18.6 Å². The third kappa shape index (κ3) is 5.30. The summed E-state index contributed by atoms with van der Waals surface area (Å²) in [5.41, 5.74) is -0.108. The number of thioether (sulfide) groups is 1. The second-order valence-corrected chi connectivity index (χ2v) is 8.18. The van der Waals surface area contributed by atoms with Gasteiger partial charge in [-0.25, -0.2) is 9.59 Å². The number of hydrogen-bond donors (Lipinski definition) is 3. The molecule has 0 aliphatic carbocycles. The van der Waals surface area contributed by atoms with E-state index in [4.69, 9.17) is 14.0 Å². The second-order valence-electron chi connectivity index (χ2n) is 7.07. The molecule has 178 valence electrons. The summed E-state index contributed by atoms with van der Waals surface area (Å²) in [5, 5.41) is 17.8. The number of carboxylic acid groups (broad SMARTS) is 1.